The van der Waals surface area contributed by atoms with Gasteiger partial charge in [0.25, 0.3) is 0 Å². The number of halogens is 2. The highest BCUT2D eigenvalue weighted by Gasteiger charge is 2.16. The van der Waals surface area contributed by atoms with Gasteiger partial charge in [-0.25, -0.2) is 8.78 Å². The van der Waals surface area contributed by atoms with Crippen LogP contribution in [-0.4, -0.2) is 11.5 Å². The summed E-state index contributed by atoms with van der Waals surface area (Å²) in [5.74, 6) is -1.12. The molecule has 3 nitrogen and oxygen atoms in total. The molecule has 0 amide bonds. The second-order valence-electron chi connectivity index (χ2n) is 4.55. The van der Waals surface area contributed by atoms with Crippen LogP contribution >= 0.6 is 0 Å². The van der Waals surface area contributed by atoms with Crippen molar-refractivity contribution in [1.82, 2.24) is 10.3 Å². The Morgan fingerprint density at radius 2 is 2.10 bits per heavy atom. The largest absolute Gasteiger partial charge is 0.398 e. The van der Waals surface area contributed by atoms with Gasteiger partial charge in [-0.1, -0.05) is 13.0 Å². The Hall–Kier alpha value is -2.01. The highest BCUT2D eigenvalue weighted by Crippen LogP contribution is 2.24. The Kier molecular flexibility index (Phi) is 4.63. The summed E-state index contributed by atoms with van der Waals surface area (Å²) in [7, 11) is 0. The topological polar surface area (TPSA) is 50.9 Å². The molecule has 0 saturated carbocycles. The maximum atomic E-state index is 13.8. The first-order chi connectivity index (χ1) is 9.61. The van der Waals surface area contributed by atoms with E-state index in [9.17, 15) is 8.78 Å². The molecule has 0 fully saturated rings. The number of hydrogen-bond donors (Lipinski definition) is 2. The first kappa shape index (κ1) is 14.4. The number of nitrogen functional groups attached to an aromatic ring is 1. The minimum Gasteiger partial charge on any atom is -0.398 e. The molecule has 0 spiro atoms. The fourth-order valence-corrected chi connectivity index (χ4v) is 2.15. The van der Waals surface area contributed by atoms with Crippen LogP contribution in [0.4, 0.5) is 14.5 Å². The maximum Gasteiger partial charge on any atom is 0.129 e. The molecule has 2 aromatic rings. The molecule has 1 aromatic heterocycles. The molecular formula is C15H17F2N3. The zero-order valence-corrected chi connectivity index (χ0v) is 11.2. The number of nitrogens with two attached hydrogens (primary N) is 1. The lowest BCUT2D eigenvalue weighted by atomic mass is 9.98. The van der Waals surface area contributed by atoms with Crippen molar-refractivity contribution < 1.29 is 8.78 Å². The van der Waals surface area contributed by atoms with Gasteiger partial charge in [0.05, 0.1) is 0 Å². The Morgan fingerprint density at radius 1 is 1.30 bits per heavy atom. The van der Waals surface area contributed by atoms with Crippen LogP contribution in [0.5, 0.6) is 0 Å². The maximum absolute atomic E-state index is 13.8. The van der Waals surface area contributed by atoms with E-state index < -0.39 is 11.6 Å². The van der Waals surface area contributed by atoms with E-state index in [-0.39, 0.29) is 6.04 Å². The van der Waals surface area contributed by atoms with E-state index in [0.29, 0.717) is 24.2 Å². The van der Waals surface area contributed by atoms with Crippen LogP contribution in [0, 0.1) is 11.6 Å². The van der Waals surface area contributed by atoms with E-state index in [4.69, 9.17) is 5.73 Å². The zero-order chi connectivity index (χ0) is 14.5. The van der Waals surface area contributed by atoms with E-state index in [1.807, 2.05) is 6.92 Å². The number of rotatable bonds is 5. The van der Waals surface area contributed by atoms with Crippen LogP contribution in [0.2, 0.25) is 0 Å². The summed E-state index contributed by atoms with van der Waals surface area (Å²) in [5, 5.41) is 3.25. The van der Waals surface area contributed by atoms with Crippen LogP contribution in [-0.2, 0) is 6.42 Å². The van der Waals surface area contributed by atoms with Crippen LogP contribution < -0.4 is 11.1 Å². The van der Waals surface area contributed by atoms with E-state index in [0.717, 1.165) is 11.6 Å². The molecule has 5 heteroatoms. The third-order valence-corrected chi connectivity index (χ3v) is 3.15. The predicted molar refractivity (Wildman–Crippen MR) is 75.1 cm³/mol. The molecule has 0 radical (unpaired) electrons. The van der Waals surface area contributed by atoms with Crippen LogP contribution in [0.15, 0.2) is 36.7 Å². The summed E-state index contributed by atoms with van der Waals surface area (Å²) < 4.78 is 26.7. The van der Waals surface area contributed by atoms with Crippen molar-refractivity contribution >= 4 is 5.69 Å². The first-order valence-electron chi connectivity index (χ1n) is 6.48. The number of anilines is 1. The van der Waals surface area contributed by atoms with Crippen LogP contribution in [0.1, 0.15) is 24.1 Å². The third-order valence-electron chi connectivity index (χ3n) is 3.15. The Labute approximate surface area is 116 Å². The van der Waals surface area contributed by atoms with Gasteiger partial charge in [-0.15, -0.1) is 0 Å². The van der Waals surface area contributed by atoms with Crippen molar-refractivity contribution in [2.75, 3.05) is 12.3 Å². The second kappa shape index (κ2) is 6.43. The van der Waals surface area contributed by atoms with Gasteiger partial charge in [0.15, 0.2) is 0 Å². The molecule has 3 N–H and O–H groups in total. The van der Waals surface area contributed by atoms with E-state index in [1.165, 1.54) is 12.1 Å². The third kappa shape index (κ3) is 3.30. The van der Waals surface area contributed by atoms with Crippen molar-refractivity contribution in [1.29, 1.82) is 0 Å². The molecule has 0 saturated heterocycles. The highest BCUT2D eigenvalue weighted by molar-refractivity contribution is 5.46. The van der Waals surface area contributed by atoms with Crippen LogP contribution in [0.3, 0.4) is 0 Å². The summed E-state index contributed by atoms with van der Waals surface area (Å²) >= 11 is 0. The number of nitrogens with zero attached hydrogens (tertiary/aromatic N) is 1. The molecule has 1 unspecified atom stereocenters. The number of pyridine rings is 1. The first-order valence-corrected chi connectivity index (χ1v) is 6.48. The lowest BCUT2D eigenvalue weighted by Crippen LogP contribution is -2.24. The van der Waals surface area contributed by atoms with Gasteiger partial charge < -0.3 is 11.1 Å². The fourth-order valence-electron chi connectivity index (χ4n) is 2.15. The molecule has 2 rings (SSSR count). The van der Waals surface area contributed by atoms with Gasteiger partial charge in [-0.05, 0) is 30.7 Å². The average molecular weight is 277 g/mol. The van der Waals surface area contributed by atoms with E-state index in [2.05, 4.69) is 10.3 Å². The molecular weight excluding hydrogens is 260 g/mol. The molecule has 0 aliphatic heterocycles. The number of benzene rings is 1. The standard InChI is InChI=1S/C15H17F2N3/c1-2-20-15(12-9-19-6-5-14(12)18)7-10-3-4-11(16)8-13(10)17/h3-6,8-9,15,20H,2,7H2,1H3,(H2,18,19). The van der Waals surface area contributed by atoms with Crippen LogP contribution in [0.25, 0.3) is 0 Å². The minimum absolute atomic E-state index is 0.159. The molecule has 0 aliphatic carbocycles. The quantitative estimate of drug-likeness (QED) is 0.883. The predicted octanol–water partition coefficient (Wildman–Crippen LogP) is 2.84. The van der Waals surface area contributed by atoms with E-state index in [1.54, 1.807) is 18.5 Å². The molecule has 1 atom stereocenters. The smallest absolute Gasteiger partial charge is 0.129 e. The minimum atomic E-state index is -0.577. The Morgan fingerprint density at radius 3 is 2.75 bits per heavy atom. The van der Waals surface area contributed by atoms with Gasteiger partial charge in [0, 0.05) is 35.8 Å². The zero-order valence-electron chi connectivity index (χ0n) is 11.2. The Bertz CT molecular complexity index is 587. The second-order valence-corrected chi connectivity index (χ2v) is 4.55. The normalized spacial score (nSPS) is 12.3. The Balaban J connectivity index is 2.28. The number of hydrogen-bond acceptors (Lipinski definition) is 3. The number of aromatic nitrogens is 1. The molecule has 20 heavy (non-hydrogen) atoms. The van der Waals surface area contributed by atoms with Crippen molar-refractivity contribution in [2.24, 2.45) is 0 Å². The molecule has 1 heterocycles. The summed E-state index contributed by atoms with van der Waals surface area (Å²) in [4.78, 5) is 4.05. The lowest BCUT2D eigenvalue weighted by molar-refractivity contribution is 0.521. The molecule has 0 bridgehead atoms. The van der Waals surface area contributed by atoms with Gasteiger partial charge >= 0.3 is 0 Å². The average Bonchev–Trinajstić information content (AvgIpc) is 2.42. The fraction of sp³-hybridized carbons (Fsp3) is 0.267. The molecule has 1 aromatic carbocycles. The van der Waals surface area contributed by atoms with Crippen molar-refractivity contribution in [3.8, 4) is 0 Å². The van der Waals surface area contributed by atoms with Crippen molar-refractivity contribution in [2.45, 2.75) is 19.4 Å². The van der Waals surface area contributed by atoms with Gasteiger partial charge in [-0.2, -0.15) is 0 Å². The summed E-state index contributed by atoms with van der Waals surface area (Å²) in [5.41, 5.74) is 7.80. The SMILES string of the molecule is CCNC(Cc1ccc(F)cc1F)c1cnccc1N. The summed E-state index contributed by atoms with van der Waals surface area (Å²) in [6.07, 6.45) is 3.67. The van der Waals surface area contributed by atoms with Gasteiger partial charge in [0.2, 0.25) is 0 Å². The number of nitrogens with one attached hydrogen (secondary N) is 1. The monoisotopic (exact) mass is 277 g/mol. The highest BCUT2D eigenvalue weighted by atomic mass is 19.1. The van der Waals surface area contributed by atoms with E-state index >= 15 is 0 Å². The number of likely N-dealkylation sites (N-methyl/N-ethyl adjacent to an activating group) is 1. The summed E-state index contributed by atoms with van der Waals surface area (Å²) in [6, 6.07) is 5.16. The van der Waals surface area contributed by atoms with Gasteiger partial charge in [-0.3, -0.25) is 4.98 Å². The molecule has 106 valence electrons. The molecule has 0 aliphatic rings. The van der Waals surface area contributed by atoms with Crippen molar-refractivity contribution in [3.63, 3.8) is 0 Å². The van der Waals surface area contributed by atoms with Crippen molar-refractivity contribution in [3.05, 3.63) is 59.4 Å². The lowest BCUT2D eigenvalue weighted by Gasteiger charge is -2.20. The summed E-state index contributed by atoms with van der Waals surface area (Å²) in [6.45, 7) is 2.67. The van der Waals surface area contributed by atoms with Gasteiger partial charge in [0.1, 0.15) is 11.6 Å².